The molecule has 0 aliphatic carbocycles. The molecule has 0 radical (unpaired) electrons. The molecule has 14 heteroatoms. The zero-order valence-electron chi connectivity index (χ0n) is 38.6. The minimum absolute atomic E-state index is 0.164. The highest BCUT2D eigenvalue weighted by Crippen LogP contribution is 2.31. The van der Waals surface area contributed by atoms with Crippen LogP contribution in [0.5, 0.6) is 34.5 Å². The van der Waals surface area contributed by atoms with Crippen molar-refractivity contribution in [3.8, 4) is 56.8 Å². The first kappa shape index (κ1) is 49.1. The van der Waals surface area contributed by atoms with Gasteiger partial charge in [0, 0.05) is 59.4 Å². The summed E-state index contributed by atoms with van der Waals surface area (Å²) in [6.07, 6.45) is 0. The Hall–Kier alpha value is -8.85. The molecule has 0 saturated heterocycles. The second-order valence-corrected chi connectivity index (χ2v) is 21.5. The highest BCUT2D eigenvalue weighted by atomic mass is 32.2. The van der Waals surface area contributed by atoms with Crippen LogP contribution in [0.3, 0.4) is 0 Å². The molecule has 70 heavy (non-hydrogen) atoms. The van der Waals surface area contributed by atoms with Crippen LogP contribution in [0.2, 0.25) is 13.1 Å². The first-order valence-corrected chi connectivity index (χ1v) is 26.3. The lowest BCUT2D eigenvalue weighted by molar-refractivity contribution is 0.400. The Balaban J connectivity index is 0.000000162. The fourth-order valence-corrected chi connectivity index (χ4v) is 9.51. The summed E-state index contributed by atoms with van der Waals surface area (Å²) in [5.41, 5.74) is 43.1. The Morgan fingerprint density at radius 1 is 0.314 bits per heavy atom. The third kappa shape index (κ3) is 14.1. The molecule has 9 aromatic rings. The number of hydrogen-bond acceptors (Lipinski definition) is 12. The molecule has 354 valence electrons. The van der Waals surface area contributed by atoms with E-state index in [1.807, 2.05) is 110 Å². The van der Waals surface area contributed by atoms with Gasteiger partial charge in [-0.15, -0.1) is 0 Å². The van der Waals surface area contributed by atoms with Gasteiger partial charge in [-0.1, -0.05) is 60.7 Å². The lowest BCUT2D eigenvalue weighted by Gasteiger charge is -2.24. The summed E-state index contributed by atoms with van der Waals surface area (Å²) in [5, 5.41) is 0. The summed E-state index contributed by atoms with van der Waals surface area (Å²) >= 11 is 0. The van der Waals surface area contributed by atoms with Crippen molar-refractivity contribution >= 4 is 52.5 Å². The van der Waals surface area contributed by atoms with E-state index < -0.39 is 18.4 Å². The van der Waals surface area contributed by atoms with Gasteiger partial charge in [-0.05, 0) is 168 Å². The van der Waals surface area contributed by atoms with Crippen molar-refractivity contribution in [2.45, 2.75) is 22.9 Å². The SMILES string of the molecule is C[Si](C)(Oc1ccc(N)cc1)Oc1ccc(N)cc1.Nc1ccc(-c2ccc(-c3ccc(N)cc3)cc2)cc1.Nc1cccc(Oc2ccc(S(=O)(=O)c3ccc(Oc4cccc(N)c4)cc3)cc2)c1. The quantitative estimate of drug-likeness (QED) is 0.0496. The third-order valence-corrected chi connectivity index (χ3v) is 13.6. The van der Waals surface area contributed by atoms with Gasteiger partial charge in [-0.25, -0.2) is 8.42 Å². The van der Waals surface area contributed by atoms with Crippen molar-refractivity contribution in [1.29, 1.82) is 0 Å². The number of nitrogens with two attached hydrogens (primary N) is 6. The number of ether oxygens (including phenoxy) is 2. The van der Waals surface area contributed by atoms with Crippen molar-refractivity contribution in [1.82, 2.24) is 0 Å². The fraction of sp³-hybridized carbons (Fsp3) is 0.0357. The van der Waals surface area contributed by atoms with E-state index in [4.69, 9.17) is 52.7 Å². The maximum atomic E-state index is 12.9. The molecule has 0 bridgehead atoms. The van der Waals surface area contributed by atoms with Crippen molar-refractivity contribution < 1.29 is 26.7 Å². The van der Waals surface area contributed by atoms with E-state index in [-0.39, 0.29) is 9.79 Å². The molecule has 0 unspecified atom stereocenters. The predicted octanol–water partition coefficient (Wildman–Crippen LogP) is 12.5. The summed E-state index contributed by atoms with van der Waals surface area (Å²) in [6.45, 7) is 3.97. The van der Waals surface area contributed by atoms with Crippen LogP contribution in [-0.4, -0.2) is 17.0 Å². The lowest BCUT2D eigenvalue weighted by Crippen LogP contribution is -2.41. The summed E-state index contributed by atoms with van der Waals surface area (Å²) in [7, 11) is -5.98. The van der Waals surface area contributed by atoms with Gasteiger partial charge >= 0.3 is 8.56 Å². The number of benzene rings is 9. The second-order valence-electron chi connectivity index (χ2n) is 16.4. The summed E-state index contributed by atoms with van der Waals surface area (Å²) in [6, 6.07) is 65.4. The number of sulfone groups is 1. The summed E-state index contributed by atoms with van der Waals surface area (Å²) in [4.78, 5) is 0.328. The highest BCUT2D eigenvalue weighted by Gasteiger charge is 2.29. The normalized spacial score (nSPS) is 10.9. The van der Waals surface area contributed by atoms with Gasteiger partial charge in [0.05, 0.1) is 9.79 Å². The van der Waals surface area contributed by atoms with Gasteiger partial charge in [-0.3, -0.25) is 0 Å². The molecule has 0 aromatic heterocycles. The molecule has 0 amide bonds. The van der Waals surface area contributed by atoms with E-state index in [0.29, 0.717) is 45.7 Å². The molecular formula is C56H54N6O6SSi. The van der Waals surface area contributed by atoms with Gasteiger partial charge in [0.2, 0.25) is 9.84 Å². The molecule has 9 rings (SSSR count). The number of anilines is 6. The molecule has 12 N–H and O–H groups in total. The average Bonchev–Trinajstić information content (AvgIpc) is 3.34. The first-order chi connectivity index (χ1) is 33.6. The molecule has 12 nitrogen and oxygen atoms in total. The molecule has 0 heterocycles. The van der Waals surface area contributed by atoms with Crippen LogP contribution in [0.1, 0.15) is 0 Å². The van der Waals surface area contributed by atoms with E-state index in [2.05, 4.69) is 24.3 Å². The van der Waals surface area contributed by atoms with Crippen LogP contribution in [0.4, 0.5) is 34.1 Å². The maximum absolute atomic E-state index is 12.9. The predicted molar refractivity (Wildman–Crippen MR) is 287 cm³/mol. The van der Waals surface area contributed by atoms with Crippen molar-refractivity contribution in [2.24, 2.45) is 0 Å². The van der Waals surface area contributed by atoms with E-state index in [9.17, 15) is 8.42 Å². The standard InChI is InChI=1S/C24H20N2O4S.C18H16N2.C14H18N2O2Si/c25-17-3-1-5-21(15-17)29-19-7-11-23(12-8-19)31(27,28)24-13-9-20(10-14-24)30-22-6-2-4-18(26)16-22;19-17-9-5-15(6-10-17)13-1-2-14(4-3-13)16-7-11-18(20)12-8-16;1-19(2,17-13-7-3-11(15)4-8-13)18-14-9-5-12(16)6-10-14/h1-16H,25-26H2;1-12H,19-20H2;3-10H,15-16H2,1-2H3. The van der Waals surface area contributed by atoms with Crippen molar-refractivity contribution in [3.63, 3.8) is 0 Å². The zero-order chi connectivity index (χ0) is 49.7. The first-order valence-electron chi connectivity index (χ1n) is 22.0. The third-order valence-electron chi connectivity index (χ3n) is 10.3. The molecular weight excluding hydrogens is 913 g/mol. The van der Waals surface area contributed by atoms with Crippen molar-refractivity contribution in [2.75, 3.05) is 34.4 Å². The minimum Gasteiger partial charge on any atom is -0.512 e. The average molecular weight is 967 g/mol. The Kier molecular flexibility index (Phi) is 15.6. The van der Waals surface area contributed by atoms with Gasteiger partial charge in [0.25, 0.3) is 0 Å². The van der Waals surface area contributed by atoms with E-state index in [1.54, 1.807) is 72.8 Å². The van der Waals surface area contributed by atoms with Crippen LogP contribution in [0, 0.1) is 0 Å². The molecule has 9 aromatic carbocycles. The molecule has 0 aliphatic rings. The Morgan fingerprint density at radius 3 is 0.886 bits per heavy atom. The van der Waals surface area contributed by atoms with Gasteiger partial charge in [-0.2, -0.15) is 0 Å². The summed E-state index contributed by atoms with van der Waals surface area (Å²) < 4.78 is 49.2. The van der Waals surface area contributed by atoms with Crippen LogP contribution in [0.25, 0.3) is 22.3 Å². The summed E-state index contributed by atoms with van der Waals surface area (Å²) in [5.74, 6) is 3.70. The van der Waals surface area contributed by atoms with Gasteiger partial charge in [0.15, 0.2) is 0 Å². The molecule has 0 spiro atoms. The largest absolute Gasteiger partial charge is 0.512 e. The minimum atomic E-state index is -3.68. The Bertz CT molecular complexity index is 3000. The Labute approximate surface area is 409 Å². The molecule has 0 atom stereocenters. The second kappa shape index (κ2) is 22.3. The highest BCUT2D eigenvalue weighted by molar-refractivity contribution is 7.91. The van der Waals surface area contributed by atoms with E-state index in [1.165, 1.54) is 46.5 Å². The van der Waals surface area contributed by atoms with Crippen LogP contribution < -0.4 is 52.7 Å². The van der Waals surface area contributed by atoms with Crippen molar-refractivity contribution in [3.05, 3.63) is 218 Å². The van der Waals surface area contributed by atoms with E-state index >= 15 is 0 Å². The van der Waals surface area contributed by atoms with Crippen LogP contribution >= 0.6 is 0 Å². The number of rotatable bonds is 12. The smallest absolute Gasteiger partial charge is 0.454 e. The molecule has 0 aliphatic heterocycles. The van der Waals surface area contributed by atoms with Gasteiger partial charge in [0.1, 0.15) is 34.5 Å². The van der Waals surface area contributed by atoms with Gasteiger partial charge < -0.3 is 52.7 Å². The topological polar surface area (TPSA) is 227 Å². The molecule has 0 fully saturated rings. The maximum Gasteiger partial charge on any atom is 0.454 e. The number of nitrogen functional groups attached to an aromatic ring is 6. The van der Waals surface area contributed by atoms with E-state index in [0.717, 1.165) is 22.9 Å². The molecule has 0 saturated carbocycles. The Morgan fingerprint density at radius 2 is 0.586 bits per heavy atom. The fourth-order valence-electron chi connectivity index (χ4n) is 6.80. The van der Waals surface area contributed by atoms with Crippen LogP contribution in [0.15, 0.2) is 228 Å². The van der Waals surface area contributed by atoms with Crippen LogP contribution in [-0.2, 0) is 9.84 Å². The zero-order valence-corrected chi connectivity index (χ0v) is 40.4. The number of hydrogen-bond donors (Lipinski definition) is 6. The monoisotopic (exact) mass is 966 g/mol. The lowest BCUT2D eigenvalue weighted by atomic mass is 10.00.